The van der Waals surface area contributed by atoms with E-state index in [4.69, 9.17) is 10.2 Å². The van der Waals surface area contributed by atoms with Gasteiger partial charge < -0.3 is 25.8 Å². The highest BCUT2D eigenvalue weighted by Crippen LogP contribution is 2.19. The van der Waals surface area contributed by atoms with E-state index in [-0.39, 0.29) is 5.56 Å². The van der Waals surface area contributed by atoms with Gasteiger partial charge in [0.25, 0.3) is 5.56 Å². The summed E-state index contributed by atoms with van der Waals surface area (Å²) >= 11 is 0. The van der Waals surface area contributed by atoms with Gasteiger partial charge in [-0.2, -0.15) is 0 Å². The first-order chi connectivity index (χ1) is 12.3. The predicted molar refractivity (Wildman–Crippen MR) is 92.8 cm³/mol. The molecule has 0 radical (unpaired) electrons. The molecule has 136 valence electrons. The quantitative estimate of drug-likeness (QED) is 0.497. The summed E-state index contributed by atoms with van der Waals surface area (Å²) in [5.74, 6) is -2.33. The number of aliphatic hydroxyl groups is 1. The number of carbonyl (C=O) groups excluding carboxylic acids is 2. The molecule has 0 saturated heterocycles. The van der Waals surface area contributed by atoms with Crippen LogP contribution in [0.25, 0.3) is 11.3 Å². The third kappa shape index (κ3) is 4.54. The van der Waals surface area contributed by atoms with Crippen LogP contribution in [0.1, 0.15) is 17.3 Å². The normalized spacial score (nSPS) is 11.5. The fourth-order valence-electron chi connectivity index (χ4n) is 2.21. The number of rotatable bonds is 6. The monoisotopic (exact) mass is 359 g/mol. The second-order valence-electron chi connectivity index (χ2n) is 5.42. The van der Waals surface area contributed by atoms with Crippen molar-refractivity contribution in [1.29, 1.82) is 0 Å². The number of aromatic amines is 1. The van der Waals surface area contributed by atoms with Gasteiger partial charge in [-0.05, 0) is 29.8 Å². The van der Waals surface area contributed by atoms with E-state index in [0.29, 0.717) is 16.9 Å². The molecule has 2 aromatic rings. The molecule has 1 aromatic carbocycles. The molecule has 0 spiro atoms. The van der Waals surface area contributed by atoms with Gasteiger partial charge in [0.1, 0.15) is 11.6 Å². The zero-order chi connectivity index (χ0) is 19.3. The fourth-order valence-corrected chi connectivity index (χ4v) is 2.21. The Balaban J connectivity index is 2.14. The van der Waals surface area contributed by atoms with E-state index in [2.05, 4.69) is 15.6 Å². The van der Waals surface area contributed by atoms with Crippen molar-refractivity contribution in [2.45, 2.75) is 13.0 Å². The van der Waals surface area contributed by atoms with Crippen LogP contribution in [0.15, 0.2) is 41.2 Å². The Labute approximate surface area is 147 Å². The van der Waals surface area contributed by atoms with E-state index in [1.807, 2.05) is 0 Å². The number of hydrogen-bond acceptors (Lipinski definition) is 5. The maximum Gasteiger partial charge on any atom is 0.341 e. The highest BCUT2D eigenvalue weighted by molar-refractivity contribution is 5.97. The van der Waals surface area contributed by atoms with Crippen molar-refractivity contribution in [3.63, 3.8) is 0 Å². The molecular formula is C17H17N3O6. The number of aliphatic hydroxyl groups excluding tert-OH is 1. The Kier molecular flexibility index (Phi) is 5.86. The van der Waals surface area contributed by atoms with E-state index in [9.17, 15) is 19.2 Å². The lowest BCUT2D eigenvalue weighted by atomic mass is 10.1. The van der Waals surface area contributed by atoms with Crippen LogP contribution in [0.2, 0.25) is 0 Å². The average Bonchev–Trinajstić information content (AvgIpc) is 2.59. The van der Waals surface area contributed by atoms with Crippen molar-refractivity contribution >= 4 is 23.5 Å². The molecule has 2 amide bonds. The maximum atomic E-state index is 12.0. The highest BCUT2D eigenvalue weighted by Gasteiger charge is 2.18. The van der Waals surface area contributed by atoms with Crippen LogP contribution < -0.4 is 16.2 Å². The van der Waals surface area contributed by atoms with Gasteiger partial charge in [-0.1, -0.05) is 12.1 Å². The molecule has 2 rings (SSSR count). The van der Waals surface area contributed by atoms with Crippen LogP contribution in [0, 0.1) is 0 Å². The molecule has 9 heteroatoms. The van der Waals surface area contributed by atoms with Gasteiger partial charge >= 0.3 is 5.97 Å². The highest BCUT2D eigenvalue weighted by atomic mass is 16.4. The summed E-state index contributed by atoms with van der Waals surface area (Å²) in [6, 6.07) is 7.99. The SMILES string of the molecule is CC(=O)N[C@@H](CO)C(=O)Nc1ccc(-c2ccc(C(=O)O)c(=O)[nH]2)cc1. The molecule has 0 aliphatic rings. The number of aromatic carboxylic acids is 1. The first-order valence-electron chi connectivity index (χ1n) is 7.57. The van der Waals surface area contributed by atoms with E-state index in [1.54, 1.807) is 24.3 Å². The van der Waals surface area contributed by atoms with Crippen molar-refractivity contribution in [2.24, 2.45) is 0 Å². The molecule has 26 heavy (non-hydrogen) atoms. The zero-order valence-corrected chi connectivity index (χ0v) is 13.8. The van der Waals surface area contributed by atoms with Crippen LogP contribution >= 0.6 is 0 Å². The number of benzene rings is 1. The van der Waals surface area contributed by atoms with Gasteiger partial charge in [-0.15, -0.1) is 0 Å². The minimum atomic E-state index is -1.31. The third-order valence-corrected chi connectivity index (χ3v) is 3.48. The molecule has 5 N–H and O–H groups in total. The van der Waals surface area contributed by atoms with Gasteiger partial charge in [0, 0.05) is 18.3 Å². The number of aromatic nitrogens is 1. The van der Waals surface area contributed by atoms with Crippen molar-refractivity contribution in [1.82, 2.24) is 10.3 Å². The first kappa shape index (κ1) is 18.9. The fraction of sp³-hybridized carbons (Fsp3) is 0.176. The molecule has 0 unspecified atom stereocenters. The maximum absolute atomic E-state index is 12.0. The van der Waals surface area contributed by atoms with Gasteiger partial charge in [0.15, 0.2) is 0 Å². The number of amides is 2. The lowest BCUT2D eigenvalue weighted by molar-refractivity contribution is -0.126. The number of nitrogens with one attached hydrogen (secondary N) is 3. The molecule has 9 nitrogen and oxygen atoms in total. The Morgan fingerprint density at radius 3 is 2.27 bits per heavy atom. The summed E-state index contributed by atoms with van der Waals surface area (Å²) in [6.07, 6.45) is 0. The van der Waals surface area contributed by atoms with Crippen LogP contribution in [0.4, 0.5) is 5.69 Å². The van der Waals surface area contributed by atoms with E-state index >= 15 is 0 Å². The van der Waals surface area contributed by atoms with Crippen LogP contribution in [0.3, 0.4) is 0 Å². The second-order valence-corrected chi connectivity index (χ2v) is 5.42. The second kappa shape index (κ2) is 8.08. The van der Waals surface area contributed by atoms with E-state index < -0.39 is 36.0 Å². The van der Waals surface area contributed by atoms with E-state index in [1.165, 1.54) is 19.1 Å². The summed E-state index contributed by atoms with van der Waals surface area (Å²) in [5.41, 5.74) is 0.383. The topological polar surface area (TPSA) is 149 Å². The lowest BCUT2D eigenvalue weighted by Gasteiger charge is -2.15. The minimum Gasteiger partial charge on any atom is -0.477 e. The number of carboxylic acid groups (broad SMARTS) is 1. The van der Waals surface area contributed by atoms with Gasteiger partial charge in [-0.25, -0.2) is 4.79 Å². The number of carboxylic acids is 1. The molecule has 1 heterocycles. The number of hydrogen-bond donors (Lipinski definition) is 5. The van der Waals surface area contributed by atoms with Crippen molar-refractivity contribution < 1.29 is 24.6 Å². The van der Waals surface area contributed by atoms with Crippen molar-refractivity contribution in [3.05, 3.63) is 52.3 Å². The summed E-state index contributed by atoms with van der Waals surface area (Å²) in [7, 11) is 0. The molecule has 1 atom stereocenters. The number of H-pyrrole nitrogens is 1. The first-order valence-corrected chi connectivity index (χ1v) is 7.57. The minimum absolute atomic E-state index is 0.356. The summed E-state index contributed by atoms with van der Waals surface area (Å²) in [5, 5.41) is 22.9. The molecule has 0 saturated carbocycles. The Morgan fingerprint density at radius 1 is 1.12 bits per heavy atom. The average molecular weight is 359 g/mol. The Morgan fingerprint density at radius 2 is 1.77 bits per heavy atom. The molecule has 0 bridgehead atoms. The predicted octanol–water partition coefficient (Wildman–Crippen LogP) is 0.176. The standard InChI is InChI=1S/C17H17N3O6/c1-9(22)18-14(8-21)16(24)19-11-4-2-10(3-5-11)13-7-6-12(17(25)26)15(23)20-13/h2-7,14,21H,8H2,1H3,(H,18,22)(H,19,24)(H,20,23)(H,25,26)/t14-/m0/s1. The molecule has 1 aromatic heterocycles. The largest absolute Gasteiger partial charge is 0.477 e. The van der Waals surface area contributed by atoms with Crippen LogP contribution in [-0.4, -0.2) is 45.6 Å². The molecule has 0 aliphatic heterocycles. The summed E-state index contributed by atoms with van der Waals surface area (Å²) in [6.45, 7) is 0.696. The Hall–Kier alpha value is -3.46. The van der Waals surface area contributed by atoms with Crippen LogP contribution in [0.5, 0.6) is 0 Å². The van der Waals surface area contributed by atoms with Crippen molar-refractivity contribution in [3.8, 4) is 11.3 Å². The van der Waals surface area contributed by atoms with Crippen molar-refractivity contribution in [2.75, 3.05) is 11.9 Å². The van der Waals surface area contributed by atoms with Crippen LogP contribution in [-0.2, 0) is 9.59 Å². The number of pyridine rings is 1. The third-order valence-electron chi connectivity index (χ3n) is 3.48. The number of anilines is 1. The zero-order valence-electron chi connectivity index (χ0n) is 13.8. The molecule has 0 aliphatic carbocycles. The van der Waals surface area contributed by atoms with Gasteiger partial charge in [0.05, 0.1) is 6.61 Å². The molecule has 0 fully saturated rings. The summed E-state index contributed by atoms with van der Waals surface area (Å²) in [4.78, 5) is 48.0. The Bertz CT molecular complexity index is 888. The van der Waals surface area contributed by atoms with Gasteiger partial charge in [-0.3, -0.25) is 14.4 Å². The molecular weight excluding hydrogens is 342 g/mol. The summed E-state index contributed by atoms with van der Waals surface area (Å²) < 4.78 is 0. The lowest BCUT2D eigenvalue weighted by Crippen LogP contribution is -2.45. The van der Waals surface area contributed by atoms with Gasteiger partial charge in [0.2, 0.25) is 11.8 Å². The van der Waals surface area contributed by atoms with E-state index in [0.717, 1.165) is 0 Å². The smallest absolute Gasteiger partial charge is 0.341 e. The number of carbonyl (C=O) groups is 3.